The predicted octanol–water partition coefficient (Wildman–Crippen LogP) is 0.998. The predicted molar refractivity (Wildman–Crippen MR) is 80.5 cm³/mol. The number of carbonyl (C=O) groups excluding carboxylic acids is 1. The van der Waals surface area contributed by atoms with Crippen molar-refractivity contribution >= 4 is 23.2 Å². The quantitative estimate of drug-likeness (QED) is 0.880. The van der Waals surface area contributed by atoms with Crippen molar-refractivity contribution in [3.8, 4) is 0 Å². The highest BCUT2D eigenvalue weighted by Crippen LogP contribution is 2.19. The number of amides is 1. The van der Waals surface area contributed by atoms with Crippen LogP contribution < -0.4 is 9.80 Å². The Bertz CT molecular complexity index is 447. The van der Waals surface area contributed by atoms with Crippen molar-refractivity contribution in [2.75, 3.05) is 44.3 Å². The first kappa shape index (κ1) is 15.3. The molecule has 20 heavy (non-hydrogen) atoms. The van der Waals surface area contributed by atoms with E-state index < -0.39 is 0 Å². The molecule has 0 aromatic heterocycles. The van der Waals surface area contributed by atoms with Gasteiger partial charge in [0.25, 0.3) is 0 Å². The highest BCUT2D eigenvalue weighted by atomic mass is 35.5. The topological polar surface area (TPSA) is 34.0 Å². The summed E-state index contributed by atoms with van der Waals surface area (Å²) in [6, 6.07) is 7.46. The van der Waals surface area contributed by atoms with Gasteiger partial charge in [0.1, 0.15) is 13.1 Å². The van der Waals surface area contributed by atoms with E-state index in [0.717, 1.165) is 51.5 Å². The molecule has 1 amide bonds. The minimum Gasteiger partial charge on any atom is -0.370 e. The standard InChI is InChI=1S/C15H21ClN2O2/c1-13(19)18(15-5-2-4-14(16)12-15)7-3-6-17-8-10-20-11-9-17/h2,4-5,12H,3,6-11H2,1H3/p+1. The number of halogens is 1. The maximum Gasteiger partial charge on any atom is 0.223 e. The van der Waals surface area contributed by atoms with Crippen molar-refractivity contribution < 1.29 is 14.4 Å². The largest absolute Gasteiger partial charge is 0.370 e. The average Bonchev–Trinajstić information content (AvgIpc) is 2.44. The van der Waals surface area contributed by atoms with Gasteiger partial charge in [-0.2, -0.15) is 0 Å². The van der Waals surface area contributed by atoms with Crippen LogP contribution in [0.15, 0.2) is 24.3 Å². The summed E-state index contributed by atoms with van der Waals surface area (Å²) in [6.45, 7) is 7.24. The summed E-state index contributed by atoms with van der Waals surface area (Å²) in [5.74, 6) is 0.0595. The number of hydrogen-bond donors (Lipinski definition) is 1. The smallest absolute Gasteiger partial charge is 0.223 e. The maximum absolute atomic E-state index is 11.8. The molecule has 0 aliphatic carbocycles. The summed E-state index contributed by atoms with van der Waals surface area (Å²) in [5, 5.41) is 0.660. The Labute approximate surface area is 125 Å². The number of nitrogens with one attached hydrogen (secondary N) is 1. The van der Waals surface area contributed by atoms with E-state index in [2.05, 4.69) is 0 Å². The zero-order valence-electron chi connectivity index (χ0n) is 11.9. The van der Waals surface area contributed by atoms with Gasteiger partial charge in [-0.25, -0.2) is 0 Å². The van der Waals surface area contributed by atoms with Crippen molar-refractivity contribution in [1.29, 1.82) is 0 Å². The molecular weight excluding hydrogens is 276 g/mol. The Kier molecular flexibility index (Phi) is 5.83. The van der Waals surface area contributed by atoms with E-state index in [1.54, 1.807) is 16.7 Å². The fraction of sp³-hybridized carbons (Fsp3) is 0.533. The number of ether oxygens (including phenoxy) is 1. The van der Waals surface area contributed by atoms with E-state index in [4.69, 9.17) is 16.3 Å². The van der Waals surface area contributed by atoms with E-state index in [9.17, 15) is 4.79 Å². The molecule has 1 aliphatic heterocycles. The zero-order chi connectivity index (χ0) is 14.4. The summed E-state index contributed by atoms with van der Waals surface area (Å²) < 4.78 is 5.35. The molecular formula is C15H22ClN2O2+. The molecule has 0 atom stereocenters. The minimum atomic E-state index is 0.0595. The summed E-state index contributed by atoms with van der Waals surface area (Å²) in [7, 11) is 0. The van der Waals surface area contributed by atoms with Crippen LogP contribution in [0.25, 0.3) is 0 Å². The molecule has 0 saturated carbocycles. The van der Waals surface area contributed by atoms with Gasteiger partial charge in [0.15, 0.2) is 0 Å². The zero-order valence-corrected chi connectivity index (χ0v) is 12.7. The first-order valence-corrected chi connectivity index (χ1v) is 7.49. The van der Waals surface area contributed by atoms with Crippen LogP contribution in [0.3, 0.4) is 0 Å². The third-order valence-corrected chi connectivity index (χ3v) is 3.85. The minimum absolute atomic E-state index is 0.0595. The van der Waals surface area contributed by atoms with Gasteiger partial charge in [0.05, 0.1) is 19.8 Å². The fourth-order valence-electron chi connectivity index (χ4n) is 2.51. The third kappa shape index (κ3) is 4.47. The first-order chi connectivity index (χ1) is 9.66. The molecule has 1 heterocycles. The van der Waals surface area contributed by atoms with Crippen LogP contribution in [0.2, 0.25) is 5.02 Å². The Morgan fingerprint density at radius 2 is 2.15 bits per heavy atom. The van der Waals surface area contributed by atoms with Crippen LogP contribution in [0, 0.1) is 0 Å². The van der Waals surface area contributed by atoms with Gasteiger partial charge in [-0.3, -0.25) is 4.79 Å². The molecule has 2 rings (SSSR count). The molecule has 1 aromatic carbocycles. The van der Waals surface area contributed by atoms with Crippen molar-refractivity contribution in [3.05, 3.63) is 29.3 Å². The highest BCUT2D eigenvalue weighted by molar-refractivity contribution is 6.30. The summed E-state index contributed by atoms with van der Waals surface area (Å²) in [5.41, 5.74) is 0.877. The van der Waals surface area contributed by atoms with Crippen LogP contribution in [0.4, 0.5) is 5.69 Å². The molecule has 1 fully saturated rings. The number of benzene rings is 1. The van der Waals surface area contributed by atoms with E-state index in [1.807, 2.05) is 24.3 Å². The normalized spacial score (nSPS) is 16.1. The molecule has 1 aliphatic rings. The van der Waals surface area contributed by atoms with E-state index in [-0.39, 0.29) is 5.91 Å². The third-order valence-electron chi connectivity index (χ3n) is 3.61. The number of anilines is 1. The number of carbonyl (C=O) groups is 1. The highest BCUT2D eigenvalue weighted by Gasteiger charge is 2.16. The summed E-state index contributed by atoms with van der Waals surface area (Å²) >= 11 is 5.99. The maximum atomic E-state index is 11.8. The van der Waals surface area contributed by atoms with Crippen LogP contribution >= 0.6 is 11.6 Å². The second kappa shape index (κ2) is 7.62. The molecule has 4 nitrogen and oxygen atoms in total. The number of morpholine rings is 1. The van der Waals surface area contributed by atoms with E-state index in [0.29, 0.717) is 5.02 Å². The average molecular weight is 298 g/mol. The number of nitrogens with zero attached hydrogens (tertiary/aromatic N) is 1. The van der Waals surface area contributed by atoms with Crippen molar-refractivity contribution in [3.63, 3.8) is 0 Å². The second-order valence-electron chi connectivity index (χ2n) is 5.12. The molecule has 110 valence electrons. The molecule has 1 aromatic rings. The first-order valence-electron chi connectivity index (χ1n) is 7.12. The lowest BCUT2D eigenvalue weighted by atomic mass is 10.2. The Balaban J connectivity index is 1.88. The van der Waals surface area contributed by atoms with Gasteiger partial charge in [-0.15, -0.1) is 0 Å². The molecule has 1 saturated heterocycles. The molecule has 0 unspecified atom stereocenters. The van der Waals surface area contributed by atoms with Crippen LogP contribution in [0.5, 0.6) is 0 Å². The number of hydrogen-bond acceptors (Lipinski definition) is 2. The Hall–Kier alpha value is -1.10. The molecule has 5 heteroatoms. The Morgan fingerprint density at radius 1 is 1.40 bits per heavy atom. The second-order valence-corrected chi connectivity index (χ2v) is 5.55. The number of quaternary nitrogens is 1. The van der Waals surface area contributed by atoms with Gasteiger partial charge in [0, 0.05) is 30.6 Å². The van der Waals surface area contributed by atoms with Gasteiger partial charge in [-0.05, 0) is 18.2 Å². The number of rotatable bonds is 5. The lowest BCUT2D eigenvalue weighted by molar-refractivity contribution is -0.908. The lowest BCUT2D eigenvalue weighted by Gasteiger charge is -2.26. The SMILES string of the molecule is CC(=O)N(CCC[NH+]1CCOCC1)c1cccc(Cl)c1. The fourth-order valence-corrected chi connectivity index (χ4v) is 2.69. The lowest BCUT2D eigenvalue weighted by Crippen LogP contribution is -3.14. The molecule has 0 bridgehead atoms. The molecule has 0 radical (unpaired) electrons. The van der Waals surface area contributed by atoms with Gasteiger partial charge < -0.3 is 14.5 Å². The van der Waals surface area contributed by atoms with Gasteiger partial charge >= 0.3 is 0 Å². The van der Waals surface area contributed by atoms with Crippen molar-refractivity contribution in [2.24, 2.45) is 0 Å². The monoisotopic (exact) mass is 297 g/mol. The summed E-state index contributed by atoms with van der Waals surface area (Å²) in [4.78, 5) is 15.2. The Morgan fingerprint density at radius 3 is 2.80 bits per heavy atom. The van der Waals surface area contributed by atoms with Crippen LogP contribution in [0.1, 0.15) is 13.3 Å². The van der Waals surface area contributed by atoms with E-state index in [1.165, 1.54) is 0 Å². The van der Waals surface area contributed by atoms with Crippen LogP contribution in [-0.2, 0) is 9.53 Å². The molecule has 1 N–H and O–H groups in total. The van der Waals surface area contributed by atoms with Gasteiger partial charge in [0.2, 0.25) is 5.91 Å². The van der Waals surface area contributed by atoms with Crippen LogP contribution in [-0.4, -0.2) is 45.3 Å². The molecule has 0 spiro atoms. The van der Waals surface area contributed by atoms with Crippen molar-refractivity contribution in [1.82, 2.24) is 0 Å². The van der Waals surface area contributed by atoms with Gasteiger partial charge in [-0.1, -0.05) is 17.7 Å². The van der Waals surface area contributed by atoms with E-state index >= 15 is 0 Å². The van der Waals surface area contributed by atoms with Crippen molar-refractivity contribution in [2.45, 2.75) is 13.3 Å². The summed E-state index contributed by atoms with van der Waals surface area (Å²) in [6.07, 6.45) is 0.988.